The number of carbonyl (C=O) groups is 1. The average molecular weight is 353 g/mol. The molecule has 0 aromatic heterocycles. The molecule has 1 aromatic rings. The van der Waals surface area contributed by atoms with Crippen LogP contribution in [0.3, 0.4) is 0 Å². The minimum Gasteiger partial charge on any atom is -0.267 e. The molecular weight excluding hydrogens is 320 g/mol. The highest BCUT2D eigenvalue weighted by atomic mass is 16.2. The Labute approximate surface area is 157 Å². The molecule has 4 aliphatic carbocycles. The van der Waals surface area contributed by atoms with Gasteiger partial charge in [0.1, 0.15) is 0 Å². The molecule has 1 amide bonds. The molecule has 3 heteroatoms. The standard InChI is InChI=1S/C23H32N2O/c1-4-21(23-12-16-9-17(13-23)11-18(10-16)14-23)24-25-22(26)20-7-5-19(6-8-20)15(2)3/h5-8,15-18H,4,9-14H2,1-3H3,(H,25,26). The second-order valence-electron chi connectivity index (χ2n) is 9.33. The van der Waals surface area contributed by atoms with Crippen LogP contribution in [0.2, 0.25) is 0 Å². The fraction of sp³-hybridized carbons (Fsp3) is 0.652. The van der Waals surface area contributed by atoms with Gasteiger partial charge in [-0.1, -0.05) is 32.9 Å². The first-order valence-corrected chi connectivity index (χ1v) is 10.5. The van der Waals surface area contributed by atoms with Crippen LogP contribution in [0.5, 0.6) is 0 Å². The molecule has 4 bridgehead atoms. The van der Waals surface area contributed by atoms with Gasteiger partial charge in [0.15, 0.2) is 0 Å². The van der Waals surface area contributed by atoms with Gasteiger partial charge in [-0.05, 0) is 86.3 Å². The van der Waals surface area contributed by atoms with Gasteiger partial charge in [-0.3, -0.25) is 4.79 Å². The lowest BCUT2D eigenvalue weighted by atomic mass is 9.48. The van der Waals surface area contributed by atoms with Crippen molar-refractivity contribution in [1.82, 2.24) is 5.43 Å². The van der Waals surface area contributed by atoms with Gasteiger partial charge in [0, 0.05) is 16.7 Å². The van der Waals surface area contributed by atoms with Gasteiger partial charge in [0.05, 0.1) is 0 Å². The highest BCUT2D eigenvalue weighted by Crippen LogP contribution is 2.60. The summed E-state index contributed by atoms with van der Waals surface area (Å²) < 4.78 is 0. The van der Waals surface area contributed by atoms with Crippen molar-refractivity contribution in [3.63, 3.8) is 0 Å². The molecule has 0 spiro atoms. The SMILES string of the molecule is CCC(=NNC(=O)c1ccc(C(C)C)cc1)C12CC3CC(CC(C3)C1)C2. The number of benzene rings is 1. The predicted molar refractivity (Wildman–Crippen MR) is 106 cm³/mol. The summed E-state index contributed by atoms with van der Waals surface area (Å²) in [5, 5.41) is 4.68. The van der Waals surface area contributed by atoms with Gasteiger partial charge in [0.2, 0.25) is 0 Å². The Bertz CT molecular complexity index is 666. The fourth-order valence-electron chi connectivity index (χ4n) is 6.24. The van der Waals surface area contributed by atoms with E-state index in [1.54, 1.807) is 0 Å². The van der Waals surface area contributed by atoms with Crippen LogP contribution < -0.4 is 5.43 Å². The number of amides is 1. The number of nitrogens with one attached hydrogen (secondary N) is 1. The summed E-state index contributed by atoms with van der Waals surface area (Å²) >= 11 is 0. The second kappa shape index (κ2) is 6.83. The van der Waals surface area contributed by atoms with E-state index >= 15 is 0 Å². The zero-order valence-electron chi connectivity index (χ0n) is 16.4. The van der Waals surface area contributed by atoms with E-state index in [1.165, 1.54) is 49.8 Å². The van der Waals surface area contributed by atoms with E-state index in [2.05, 4.69) is 31.3 Å². The molecule has 4 fully saturated rings. The molecule has 0 aliphatic heterocycles. The first-order valence-electron chi connectivity index (χ1n) is 10.5. The first kappa shape index (κ1) is 17.8. The molecule has 0 heterocycles. The topological polar surface area (TPSA) is 41.5 Å². The van der Waals surface area contributed by atoms with Crippen LogP contribution in [-0.2, 0) is 0 Å². The highest BCUT2D eigenvalue weighted by molar-refractivity contribution is 5.96. The molecular formula is C23H32N2O. The van der Waals surface area contributed by atoms with Crippen LogP contribution in [0.4, 0.5) is 0 Å². The smallest absolute Gasteiger partial charge is 0.267 e. The van der Waals surface area contributed by atoms with Crippen molar-refractivity contribution in [2.75, 3.05) is 0 Å². The summed E-state index contributed by atoms with van der Waals surface area (Å²) in [6, 6.07) is 7.92. The average Bonchev–Trinajstić information content (AvgIpc) is 2.60. The van der Waals surface area contributed by atoms with Crippen molar-refractivity contribution in [3.8, 4) is 0 Å². The van der Waals surface area contributed by atoms with E-state index in [1.807, 2.05) is 24.3 Å². The molecule has 1 N–H and O–H groups in total. The number of hydrazone groups is 1. The van der Waals surface area contributed by atoms with E-state index in [-0.39, 0.29) is 11.3 Å². The molecule has 0 atom stereocenters. The normalized spacial score (nSPS) is 32.9. The van der Waals surface area contributed by atoms with E-state index in [0.29, 0.717) is 11.5 Å². The zero-order chi connectivity index (χ0) is 18.3. The van der Waals surface area contributed by atoms with Crippen molar-refractivity contribution in [3.05, 3.63) is 35.4 Å². The van der Waals surface area contributed by atoms with Crippen LogP contribution in [0.15, 0.2) is 29.4 Å². The second-order valence-corrected chi connectivity index (χ2v) is 9.33. The lowest BCUT2D eigenvalue weighted by molar-refractivity contribution is -0.0134. The maximum Gasteiger partial charge on any atom is 0.271 e. The Morgan fingerprint density at radius 1 is 1.08 bits per heavy atom. The van der Waals surface area contributed by atoms with Gasteiger partial charge in [0.25, 0.3) is 5.91 Å². The molecule has 1 aromatic carbocycles. The van der Waals surface area contributed by atoms with Gasteiger partial charge >= 0.3 is 0 Å². The minimum atomic E-state index is -0.0871. The third kappa shape index (κ3) is 3.21. The quantitative estimate of drug-likeness (QED) is 0.550. The Morgan fingerprint density at radius 2 is 1.62 bits per heavy atom. The van der Waals surface area contributed by atoms with Crippen molar-refractivity contribution in [2.24, 2.45) is 28.3 Å². The molecule has 0 saturated heterocycles. The van der Waals surface area contributed by atoms with E-state index in [0.717, 1.165) is 24.2 Å². The summed E-state index contributed by atoms with van der Waals surface area (Å²) in [6.07, 6.45) is 9.14. The van der Waals surface area contributed by atoms with Crippen molar-refractivity contribution < 1.29 is 4.79 Å². The van der Waals surface area contributed by atoms with Crippen LogP contribution in [-0.4, -0.2) is 11.6 Å². The summed E-state index contributed by atoms with van der Waals surface area (Å²) in [7, 11) is 0. The maximum atomic E-state index is 12.6. The molecule has 4 aliphatic rings. The Balaban J connectivity index is 1.48. The fourth-order valence-corrected chi connectivity index (χ4v) is 6.24. The summed E-state index contributed by atoms with van der Waals surface area (Å²) in [4.78, 5) is 12.6. The van der Waals surface area contributed by atoms with E-state index < -0.39 is 0 Å². The van der Waals surface area contributed by atoms with Crippen LogP contribution in [0, 0.1) is 23.2 Å². The van der Waals surface area contributed by atoms with Crippen molar-refractivity contribution >= 4 is 11.6 Å². The van der Waals surface area contributed by atoms with E-state index in [4.69, 9.17) is 0 Å². The minimum absolute atomic E-state index is 0.0871. The summed E-state index contributed by atoms with van der Waals surface area (Å²) in [6.45, 7) is 6.53. The molecule has 5 rings (SSSR count). The Kier molecular flexibility index (Phi) is 4.66. The van der Waals surface area contributed by atoms with Crippen molar-refractivity contribution in [1.29, 1.82) is 0 Å². The first-order chi connectivity index (χ1) is 12.5. The van der Waals surface area contributed by atoms with Crippen LogP contribution in [0.1, 0.15) is 87.6 Å². The summed E-state index contributed by atoms with van der Waals surface area (Å²) in [5.41, 5.74) is 6.34. The molecule has 3 nitrogen and oxygen atoms in total. The zero-order valence-corrected chi connectivity index (χ0v) is 16.4. The Morgan fingerprint density at radius 3 is 2.08 bits per heavy atom. The molecule has 4 saturated carbocycles. The summed E-state index contributed by atoms with van der Waals surface area (Å²) in [5.74, 6) is 3.09. The maximum absolute atomic E-state index is 12.6. The number of carbonyl (C=O) groups excluding carboxylic acids is 1. The molecule has 26 heavy (non-hydrogen) atoms. The van der Waals surface area contributed by atoms with Gasteiger partial charge in [-0.15, -0.1) is 0 Å². The van der Waals surface area contributed by atoms with Crippen LogP contribution >= 0.6 is 0 Å². The monoisotopic (exact) mass is 352 g/mol. The molecule has 0 radical (unpaired) electrons. The lowest BCUT2D eigenvalue weighted by Crippen LogP contribution is -2.50. The van der Waals surface area contributed by atoms with Gasteiger partial charge < -0.3 is 0 Å². The predicted octanol–water partition coefficient (Wildman–Crippen LogP) is 5.52. The largest absolute Gasteiger partial charge is 0.271 e. The number of hydrogen-bond acceptors (Lipinski definition) is 2. The molecule has 0 unspecified atom stereocenters. The lowest BCUT2D eigenvalue weighted by Gasteiger charge is -2.57. The highest BCUT2D eigenvalue weighted by Gasteiger charge is 2.52. The van der Waals surface area contributed by atoms with Crippen LogP contribution in [0.25, 0.3) is 0 Å². The third-order valence-corrected chi connectivity index (χ3v) is 7.12. The van der Waals surface area contributed by atoms with Gasteiger partial charge in [-0.25, -0.2) is 5.43 Å². The third-order valence-electron chi connectivity index (χ3n) is 7.12. The number of hydrogen-bond donors (Lipinski definition) is 1. The van der Waals surface area contributed by atoms with Gasteiger partial charge in [-0.2, -0.15) is 5.10 Å². The number of rotatable bonds is 5. The molecule has 140 valence electrons. The Hall–Kier alpha value is -1.64. The number of nitrogens with zero attached hydrogens (tertiary/aromatic N) is 1. The van der Waals surface area contributed by atoms with Crippen molar-refractivity contribution in [2.45, 2.75) is 71.6 Å². The van der Waals surface area contributed by atoms with E-state index in [9.17, 15) is 4.79 Å².